The number of nitriles is 2. The molecule has 1 aliphatic rings. The average molecular weight is 307 g/mol. The van der Waals surface area contributed by atoms with Crippen LogP contribution in [-0.4, -0.2) is 13.1 Å². The summed E-state index contributed by atoms with van der Waals surface area (Å²) in [6.45, 7) is 3.63. The fraction of sp³-hybridized carbons (Fsp3) is 0.235. The first-order chi connectivity index (χ1) is 11.0. The van der Waals surface area contributed by atoms with E-state index in [1.54, 1.807) is 18.2 Å². The zero-order chi connectivity index (χ0) is 17.0. The topological polar surface area (TPSA) is 101 Å². The summed E-state index contributed by atoms with van der Waals surface area (Å²) in [6.07, 6.45) is 0. The number of hydrogen-bond acceptors (Lipinski definition) is 4. The summed E-state index contributed by atoms with van der Waals surface area (Å²) in [5.41, 5.74) is 3.86. The highest BCUT2D eigenvalue weighted by Gasteiger charge is 2.29. The number of nitrogens with one attached hydrogen (secondary N) is 3. The van der Waals surface area contributed by atoms with Gasteiger partial charge in [0.1, 0.15) is 0 Å². The van der Waals surface area contributed by atoms with Crippen LogP contribution in [0.25, 0.3) is 0 Å². The number of carbonyl (C=O) groups excluding carboxylic acids is 1. The van der Waals surface area contributed by atoms with E-state index in [4.69, 9.17) is 0 Å². The molecule has 2 rings (SSSR count). The summed E-state index contributed by atoms with van der Waals surface area (Å²) >= 11 is 0. The maximum Gasteiger partial charge on any atom is 0.318 e. The predicted octanol–water partition coefficient (Wildman–Crippen LogP) is 2.72. The van der Waals surface area contributed by atoms with Crippen LogP contribution < -0.4 is 16.0 Å². The summed E-state index contributed by atoms with van der Waals surface area (Å²) in [7, 11) is 1.53. The van der Waals surface area contributed by atoms with Crippen LogP contribution in [0.1, 0.15) is 25.3 Å². The van der Waals surface area contributed by atoms with Crippen molar-refractivity contribution in [3.05, 3.63) is 52.4 Å². The third kappa shape index (κ3) is 3.17. The molecular weight excluding hydrogens is 290 g/mol. The first kappa shape index (κ1) is 16.1. The molecule has 0 atom stereocenters. The molecular formula is C17H17N5O. The van der Waals surface area contributed by atoms with Crippen molar-refractivity contribution in [2.75, 3.05) is 12.4 Å². The Morgan fingerprint density at radius 2 is 1.78 bits per heavy atom. The van der Waals surface area contributed by atoms with Crippen LogP contribution in [-0.2, 0) is 0 Å². The highest BCUT2D eigenvalue weighted by molar-refractivity contribution is 5.89. The zero-order valence-corrected chi connectivity index (χ0v) is 13.2. The Bertz CT molecular complexity index is 756. The molecule has 1 aromatic rings. The Morgan fingerprint density at radius 3 is 2.30 bits per heavy atom. The lowest BCUT2D eigenvalue weighted by Crippen LogP contribution is -2.25. The van der Waals surface area contributed by atoms with Gasteiger partial charge in [0, 0.05) is 24.1 Å². The number of amides is 2. The molecule has 0 aliphatic carbocycles. The van der Waals surface area contributed by atoms with E-state index in [0.29, 0.717) is 16.8 Å². The minimum Gasteiger partial charge on any atom is -0.361 e. The van der Waals surface area contributed by atoms with Crippen molar-refractivity contribution in [3.8, 4) is 12.1 Å². The second-order valence-corrected chi connectivity index (χ2v) is 5.19. The molecule has 3 N–H and O–H groups in total. The quantitative estimate of drug-likeness (QED) is 0.782. The molecule has 0 unspecified atom stereocenters. The molecule has 1 heterocycles. The predicted molar refractivity (Wildman–Crippen MR) is 87.0 cm³/mol. The maximum absolute atomic E-state index is 11.5. The van der Waals surface area contributed by atoms with E-state index in [9.17, 15) is 15.3 Å². The Morgan fingerprint density at radius 1 is 1.17 bits per heavy atom. The van der Waals surface area contributed by atoms with Gasteiger partial charge in [-0.1, -0.05) is 12.1 Å². The third-order valence-electron chi connectivity index (χ3n) is 3.71. The molecule has 0 radical (unpaired) electrons. The van der Waals surface area contributed by atoms with Crippen LogP contribution in [0.4, 0.5) is 10.5 Å². The fourth-order valence-corrected chi connectivity index (χ4v) is 2.61. The van der Waals surface area contributed by atoms with Crippen LogP contribution in [0.5, 0.6) is 0 Å². The Kier molecular flexibility index (Phi) is 4.68. The number of hydrogen-bond donors (Lipinski definition) is 3. The van der Waals surface area contributed by atoms with Crippen LogP contribution in [0.15, 0.2) is 46.8 Å². The van der Waals surface area contributed by atoms with E-state index in [2.05, 4.69) is 28.1 Å². The SMILES string of the molecule is CNC(=O)Nc1cccc(C2C(C#N)=C(C)NC(C)=C2C#N)c1. The van der Waals surface area contributed by atoms with E-state index in [-0.39, 0.29) is 6.03 Å². The summed E-state index contributed by atoms with van der Waals surface area (Å²) in [6, 6.07) is 11.2. The Hall–Kier alpha value is -3.25. The number of urea groups is 1. The van der Waals surface area contributed by atoms with Gasteiger partial charge in [-0.3, -0.25) is 0 Å². The van der Waals surface area contributed by atoms with Gasteiger partial charge in [-0.25, -0.2) is 4.79 Å². The largest absolute Gasteiger partial charge is 0.361 e. The summed E-state index contributed by atoms with van der Waals surface area (Å²) in [5, 5.41) is 27.2. The van der Waals surface area contributed by atoms with Gasteiger partial charge in [-0.15, -0.1) is 0 Å². The lowest BCUT2D eigenvalue weighted by molar-refractivity contribution is 0.254. The number of allylic oxidation sites excluding steroid dienone is 4. The van der Waals surface area contributed by atoms with Gasteiger partial charge in [-0.2, -0.15) is 10.5 Å². The minimum atomic E-state index is -0.433. The van der Waals surface area contributed by atoms with Crippen molar-refractivity contribution in [1.29, 1.82) is 10.5 Å². The van der Waals surface area contributed by atoms with Gasteiger partial charge in [0.2, 0.25) is 0 Å². The normalized spacial score (nSPS) is 14.7. The van der Waals surface area contributed by atoms with Crippen molar-refractivity contribution in [1.82, 2.24) is 10.6 Å². The van der Waals surface area contributed by atoms with Crippen LogP contribution in [0.2, 0.25) is 0 Å². The molecule has 6 nitrogen and oxygen atoms in total. The number of anilines is 1. The van der Waals surface area contributed by atoms with Gasteiger partial charge in [0.05, 0.1) is 29.2 Å². The zero-order valence-electron chi connectivity index (χ0n) is 13.2. The van der Waals surface area contributed by atoms with E-state index < -0.39 is 5.92 Å². The van der Waals surface area contributed by atoms with E-state index >= 15 is 0 Å². The van der Waals surface area contributed by atoms with Gasteiger partial charge >= 0.3 is 6.03 Å². The van der Waals surface area contributed by atoms with Gasteiger partial charge < -0.3 is 16.0 Å². The Balaban J connectivity index is 2.51. The Labute approximate surface area is 135 Å². The van der Waals surface area contributed by atoms with E-state index in [0.717, 1.165) is 17.0 Å². The molecule has 23 heavy (non-hydrogen) atoms. The van der Waals surface area contributed by atoms with Gasteiger partial charge in [0.25, 0.3) is 0 Å². The molecule has 0 spiro atoms. The number of rotatable bonds is 2. The van der Waals surface area contributed by atoms with Crippen molar-refractivity contribution in [2.45, 2.75) is 19.8 Å². The standard InChI is InChI=1S/C17H17N5O/c1-10-14(8-18)16(15(9-19)11(2)21-10)12-5-4-6-13(7-12)22-17(23)20-3/h4-7,16,21H,1-3H3,(H2,20,22,23). The van der Waals surface area contributed by atoms with Gasteiger partial charge in [0.15, 0.2) is 0 Å². The molecule has 0 saturated carbocycles. The molecule has 0 saturated heterocycles. The molecule has 0 fully saturated rings. The summed E-state index contributed by atoms with van der Waals surface area (Å²) < 4.78 is 0. The fourth-order valence-electron chi connectivity index (χ4n) is 2.61. The lowest BCUT2D eigenvalue weighted by atomic mass is 9.81. The molecule has 1 aliphatic heterocycles. The summed E-state index contributed by atoms with van der Waals surface area (Å²) in [4.78, 5) is 11.5. The van der Waals surface area contributed by atoms with Crippen LogP contribution in [0.3, 0.4) is 0 Å². The average Bonchev–Trinajstić information content (AvgIpc) is 2.54. The third-order valence-corrected chi connectivity index (χ3v) is 3.71. The molecule has 2 amide bonds. The smallest absolute Gasteiger partial charge is 0.318 e. The lowest BCUT2D eigenvalue weighted by Gasteiger charge is -2.26. The van der Waals surface area contributed by atoms with Gasteiger partial charge in [-0.05, 0) is 31.5 Å². The number of nitrogens with zero attached hydrogens (tertiary/aromatic N) is 2. The second-order valence-electron chi connectivity index (χ2n) is 5.19. The van der Waals surface area contributed by atoms with Crippen molar-refractivity contribution < 1.29 is 4.79 Å². The molecule has 0 aromatic heterocycles. The highest BCUT2D eigenvalue weighted by Crippen LogP contribution is 2.37. The molecule has 0 bridgehead atoms. The molecule has 1 aromatic carbocycles. The molecule has 6 heteroatoms. The number of carbonyl (C=O) groups is 1. The second kappa shape index (κ2) is 6.67. The first-order valence-corrected chi connectivity index (χ1v) is 7.09. The number of dihydropyridines is 1. The van der Waals surface area contributed by atoms with Crippen LogP contribution in [0, 0.1) is 22.7 Å². The highest BCUT2D eigenvalue weighted by atomic mass is 16.2. The van der Waals surface area contributed by atoms with Crippen molar-refractivity contribution >= 4 is 11.7 Å². The van der Waals surface area contributed by atoms with Crippen LogP contribution >= 0.6 is 0 Å². The van der Waals surface area contributed by atoms with Crippen molar-refractivity contribution in [3.63, 3.8) is 0 Å². The van der Waals surface area contributed by atoms with E-state index in [1.165, 1.54) is 7.05 Å². The molecule has 116 valence electrons. The monoisotopic (exact) mass is 307 g/mol. The number of benzene rings is 1. The minimum absolute atomic E-state index is 0.327. The van der Waals surface area contributed by atoms with Crippen molar-refractivity contribution in [2.24, 2.45) is 0 Å². The first-order valence-electron chi connectivity index (χ1n) is 7.09. The maximum atomic E-state index is 11.5. The van der Waals surface area contributed by atoms with E-state index in [1.807, 2.05) is 19.9 Å². The summed E-state index contributed by atoms with van der Waals surface area (Å²) in [5.74, 6) is -0.433.